The van der Waals surface area contributed by atoms with E-state index in [0.717, 1.165) is 11.3 Å². The topological polar surface area (TPSA) is 32.3 Å². The van der Waals surface area contributed by atoms with Crippen LogP contribution in [-0.2, 0) is 10.8 Å². The maximum Gasteiger partial charge on any atom is 0.142 e. The molecule has 0 saturated heterocycles. The second kappa shape index (κ2) is 5.07. The van der Waals surface area contributed by atoms with Gasteiger partial charge < -0.3 is 10.4 Å². The average molecular weight is 263 g/mol. The third kappa shape index (κ3) is 3.89. The van der Waals surface area contributed by atoms with E-state index in [1.165, 1.54) is 5.56 Å². The van der Waals surface area contributed by atoms with Gasteiger partial charge in [0.15, 0.2) is 0 Å². The van der Waals surface area contributed by atoms with Crippen molar-refractivity contribution < 1.29 is 5.11 Å². The molecular formula is C17H29NO. The Labute approximate surface area is 118 Å². The van der Waals surface area contributed by atoms with Crippen LogP contribution in [0.25, 0.3) is 0 Å². The highest BCUT2D eigenvalue weighted by atomic mass is 16.3. The highest BCUT2D eigenvalue weighted by Crippen LogP contribution is 2.40. The van der Waals surface area contributed by atoms with Crippen molar-refractivity contribution in [1.82, 2.24) is 0 Å². The number of hydrogen-bond donors (Lipinski definition) is 2. The Morgan fingerprint density at radius 3 is 1.84 bits per heavy atom. The van der Waals surface area contributed by atoms with Gasteiger partial charge in [0, 0.05) is 11.6 Å². The molecule has 0 radical (unpaired) electrons. The minimum absolute atomic E-state index is 0.0705. The fourth-order valence-corrected chi connectivity index (χ4v) is 2.06. The molecule has 2 nitrogen and oxygen atoms in total. The molecule has 0 unspecified atom stereocenters. The first-order valence-electron chi connectivity index (χ1n) is 7.07. The van der Waals surface area contributed by atoms with Gasteiger partial charge >= 0.3 is 0 Å². The van der Waals surface area contributed by atoms with Gasteiger partial charge in [-0.1, -0.05) is 47.6 Å². The van der Waals surface area contributed by atoms with Gasteiger partial charge in [0.05, 0.1) is 5.69 Å². The minimum Gasteiger partial charge on any atom is -0.505 e. The van der Waals surface area contributed by atoms with Crippen LogP contribution in [0.3, 0.4) is 0 Å². The summed E-state index contributed by atoms with van der Waals surface area (Å²) >= 11 is 0. The van der Waals surface area contributed by atoms with Crippen molar-refractivity contribution in [2.24, 2.45) is 0 Å². The second-order valence-corrected chi connectivity index (χ2v) is 7.72. The third-order valence-electron chi connectivity index (χ3n) is 3.23. The lowest BCUT2D eigenvalue weighted by atomic mass is 9.79. The Kier molecular flexibility index (Phi) is 4.23. The molecule has 0 fully saturated rings. The van der Waals surface area contributed by atoms with Crippen molar-refractivity contribution in [1.29, 1.82) is 0 Å². The molecule has 0 heterocycles. The van der Waals surface area contributed by atoms with Crippen molar-refractivity contribution in [3.63, 3.8) is 0 Å². The van der Waals surface area contributed by atoms with Crippen molar-refractivity contribution >= 4 is 5.69 Å². The van der Waals surface area contributed by atoms with Gasteiger partial charge in [0.25, 0.3) is 0 Å². The van der Waals surface area contributed by atoms with Gasteiger partial charge in [-0.2, -0.15) is 0 Å². The van der Waals surface area contributed by atoms with Crippen LogP contribution in [-0.4, -0.2) is 11.1 Å². The van der Waals surface area contributed by atoms with Crippen LogP contribution in [0.4, 0.5) is 5.69 Å². The molecule has 1 rings (SSSR count). The molecule has 2 N–H and O–H groups in total. The number of phenolic OH excluding ortho intramolecular Hbond substituents is 1. The molecule has 0 aliphatic rings. The number of phenols is 1. The molecule has 0 aliphatic carbocycles. The summed E-state index contributed by atoms with van der Waals surface area (Å²) in [4.78, 5) is 0. The summed E-state index contributed by atoms with van der Waals surface area (Å²) in [6, 6.07) is 4.51. The summed E-state index contributed by atoms with van der Waals surface area (Å²) in [6.45, 7) is 17.2. The number of hydrogen-bond acceptors (Lipinski definition) is 2. The lowest BCUT2D eigenvalue weighted by molar-refractivity contribution is 0.446. The van der Waals surface area contributed by atoms with Crippen molar-refractivity contribution in [3.05, 3.63) is 23.3 Å². The zero-order valence-electron chi connectivity index (χ0n) is 13.7. The van der Waals surface area contributed by atoms with Gasteiger partial charge in [-0.25, -0.2) is 0 Å². The maximum atomic E-state index is 10.5. The second-order valence-electron chi connectivity index (χ2n) is 7.72. The van der Waals surface area contributed by atoms with Gasteiger partial charge in [0.1, 0.15) is 5.75 Å². The summed E-state index contributed by atoms with van der Waals surface area (Å²) in [7, 11) is 0. The first-order valence-corrected chi connectivity index (χ1v) is 7.07. The van der Waals surface area contributed by atoms with Crippen LogP contribution in [0.1, 0.15) is 66.5 Å². The quantitative estimate of drug-likeness (QED) is 0.751. The maximum absolute atomic E-state index is 10.5. The fraction of sp³-hybridized carbons (Fsp3) is 0.647. The normalized spacial score (nSPS) is 12.9. The SMILES string of the molecule is CC(C)Nc1cc(C(C)(C)C)cc(C(C)(C)C)c1O. The molecule has 0 bridgehead atoms. The summed E-state index contributed by atoms with van der Waals surface area (Å²) in [5.74, 6) is 0.384. The Balaban J connectivity index is 3.48. The highest BCUT2D eigenvalue weighted by Gasteiger charge is 2.25. The van der Waals surface area contributed by atoms with E-state index in [0.29, 0.717) is 11.8 Å². The van der Waals surface area contributed by atoms with E-state index < -0.39 is 0 Å². The molecule has 0 atom stereocenters. The zero-order valence-corrected chi connectivity index (χ0v) is 13.7. The molecule has 0 aliphatic heterocycles. The molecule has 0 amide bonds. The predicted octanol–water partition coefficient (Wildman–Crippen LogP) is 4.81. The summed E-state index contributed by atoms with van der Waals surface area (Å²) in [5, 5.41) is 13.8. The van der Waals surface area contributed by atoms with E-state index in [9.17, 15) is 5.11 Å². The van der Waals surface area contributed by atoms with Crippen molar-refractivity contribution in [2.75, 3.05) is 5.32 Å². The number of rotatable bonds is 2. The van der Waals surface area contributed by atoms with E-state index in [1.54, 1.807) is 0 Å². The Bertz CT molecular complexity index is 448. The summed E-state index contributed by atoms with van der Waals surface area (Å²) in [6.07, 6.45) is 0. The van der Waals surface area contributed by atoms with Crippen LogP contribution < -0.4 is 5.32 Å². The van der Waals surface area contributed by atoms with Crippen LogP contribution in [0.2, 0.25) is 0 Å². The Morgan fingerprint density at radius 2 is 1.47 bits per heavy atom. The fourth-order valence-electron chi connectivity index (χ4n) is 2.06. The number of anilines is 1. The van der Waals surface area contributed by atoms with Gasteiger partial charge in [0.2, 0.25) is 0 Å². The highest BCUT2D eigenvalue weighted by molar-refractivity contribution is 5.64. The molecule has 1 aromatic carbocycles. The predicted molar refractivity (Wildman–Crippen MR) is 84.3 cm³/mol. The Morgan fingerprint density at radius 1 is 0.947 bits per heavy atom. The number of nitrogens with one attached hydrogen (secondary N) is 1. The lowest BCUT2D eigenvalue weighted by Crippen LogP contribution is -2.19. The lowest BCUT2D eigenvalue weighted by Gasteiger charge is -2.28. The molecule has 19 heavy (non-hydrogen) atoms. The van der Waals surface area contributed by atoms with E-state index >= 15 is 0 Å². The Hall–Kier alpha value is -1.18. The van der Waals surface area contributed by atoms with E-state index in [1.807, 2.05) is 0 Å². The third-order valence-corrected chi connectivity index (χ3v) is 3.23. The molecular weight excluding hydrogens is 234 g/mol. The van der Waals surface area contributed by atoms with Crippen LogP contribution >= 0.6 is 0 Å². The van der Waals surface area contributed by atoms with Crippen LogP contribution in [0.15, 0.2) is 12.1 Å². The summed E-state index contributed by atoms with van der Waals surface area (Å²) in [5.41, 5.74) is 3.09. The molecule has 0 aromatic heterocycles. The monoisotopic (exact) mass is 263 g/mol. The molecule has 1 aromatic rings. The minimum atomic E-state index is -0.0707. The molecule has 0 saturated carbocycles. The van der Waals surface area contributed by atoms with Crippen molar-refractivity contribution in [2.45, 2.75) is 72.3 Å². The molecule has 0 spiro atoms. The van der Waals surface area contributed by atoms with Crippen molar-refractivity contribution in [3.8, 4) is 5.75 Å². The first kappa shape index (κ1) is 15.9. The van der Waals surface area contributed by atoms with Gasteiger partial charge in [-0.15, -0.1) is 0 Å². The molecule has 2 heteroatoms. The van der Waals surface area contributed by atoms with E-state index in [4.69, 9.17) is 0 Å². The zero-order chi connectivity index (χ0) is 15.0. The van der Waals surface area contributed by atoms with E-state index in [2.05, 4.69) is 72.8 Å². The summed E-state index contributed by atoms with van der Waals surface area (Å²) < 4.78 is 0. The number of aromatic hydroxyl groups is 1. The number of benzene rings is 1. The van der Waals surface area contributed by atoms with Crippen LogP contribution in [0, 0.1) is 0 Å². The standard InChI is InChI=1S/C17H29NO/c1-11(2)18-14-10-12(16(3,4)5)9-13(15(14)19)17(6,7)8/h9-11,18-19H,1-8H3. The van der Waals surface area contributed by atoms with E-state index in [-0.39, 0.29) is 10.8 Å². The smallest absolute Gasteiger partial charge is 0.142 e. The molecule has 108 valence electrons. The first-order chi connectivity index (χ1) is 8.43. The van der Waals surface area contributed by atoms with Gasteiger partial charge in [-0.05, 0) is 36.3 Å². The van der Waals surface area contributed by atoms with Crippen LogP contribution in [0.5, 0.6) is 5.75 Å². The average Bonchev–Trinajstić information content (AvgIpc) is 2.16. The van der Waals surface area contributed by atoms with Gasteiger partial charge in [-0.3, -0.25) is 0 Å². The largest absolute Gasteiger partial charge is 0.505 e.